The fourth-order valence-electron chi connectivity index (χ4n) is 4.57. The predicted molar refractivity (Wildman–Crippen MR) is 111 cm³/mol. The average Bonchev–Trinajstić information content (AvgIpc) is 3.38. The third-order valence-electron chi connectivity index (χ3n) is 6.33. The summed E-state index contributed by atoms with van der Waals surface area (Å²) in [4.78, 5) is 13.0. The van der Waals surface area contributed by atoms with Crippen LogP contribution in [0.15, 0.2) is 37.1 Å². The first-order valence-corrected chi connectivity index (χ1v) is 10.2. The van der Waals surface area contributed by atoms with Crippen molar-refractivity contribution in [1.29, 1.82) is 0 Å². The molecule has 1 saturated heterocycles. The van der Waals surface area contributed by atoms with E-state index in [9.17, 15) is 0 Å². The molecule has 0 bridgehead atoms. The Hall–Kier alpha value is -3.20. The molecule has 1 aliphatic carbocycles. The van der Waals surface area contributed by atoms with Gasteiger partial charge < -0.3 is 14.8 Å². The van der Waals surface area contributed by atoms with Gasteiger partial charge in [-0.05, 0) is 38.2 Å². The zero-order chi connectivity index (χ0) is 22.6. The summed E-state index contributed by atoms with van der Waals surface area (Å²) in [5.41, 5.74) is 2.01. The average molecular weight is 408 g/mol. The van der Waals surface area contributed by atoms with Crippen molar-refractivity contribution in [3.63, 3.8) is 0 Å². The molecule has 0 aromatic carbocycles. The molecule has 9 nitrogen and oxygen atoms in total. The number of nitrogens with zero attached hydrogens (tertiary/aromatic N) is 6. The Bertz CT molecular complexity index is 1320. The van der Waals surface area contributed by atoms with Gasteiger partial charge in [-0.2, -0.15) is 4.98 Å². The maximum atomic E-state index is 7.64. The SMILES string of the molecule is [2H]C([2H])([2H])Oc1nc(NC2CCC3(CCO3)CC2)nn2ccc(-c3cnc4nccn4c3)c12. The van der Waals surface area contributed by atoms with E-state index in [0.29, 0.717) is 22.8 Å². The second-order valence-corrected chi connectivity index (χ2v) is 8.04. The van der Waals surface area contributed by atoms with Crippen molar-refractivity contribution >= 4 is 17.2 Å². The van der Waals surface area contributed by atoms with Gasteiger partial charge in [0.1, 0.15) is 5.52 Å². The van der Waals surface area contributed by atoms with Crippen LogP contribution in [0.5, 0.6) is 5.88 Å². The van der Waals surface area contributed by atoms with Crippen molar-refractivity contribution in [1.82, 2.24) is 29.0 Å². The van der Waals surface area contributed by atoms with Crippen molar-refractivity contribution in [3.8, 4) is 17.0 Å². The third kappa shape index (κ3) is 2.80. The molecule has 4 aromatic rings. The zero-order valence-electron chi connectivity index (χ0n) is 19.3. The number of aromatic nitrogens is 6. The Morgan fingerprint density at radius 1 is 1.27 bits per heavy atom. The summed E-state index contributed by atoms with van der Waals surface area (Å²) in [6.07, 6.45) is 13.8. The molecule has 9 heteroatoms. The smallest absolute Gasteiger partial charge is 0.244 e. The minimum atomic E-state index is -2.65. The summed E-state index contributed by atoms with van der Waals surface area (Å²) in [6, 6.07) is 2.04. The van der Waals surface area contributed by atoms with E-state index in [4.69, 9.17) is 13.6 Å². The first-order chi connectivity index (χ1) is 15.9. The Morgan fingerprint density at radius 2 is 2.17 bits per heavy atom. The van der Waals surface area contributed by atoms with E-state index < -0.39 is 7.04 Å². The van der Waals surface area contributed by atoms with Gasteiger partial charge in [-0.1, -0.05) is 0 Å². The molecule has 0 radical (unpaired) electrons. The first-order valence-electron chi connectivity index (χ1n) is 11.7. The van der Waals surface area contributed by atoms with Gasteiger partial charge in [0.15, 0.2) is 0 Å². The summed E-state index contributed by atoms with van der Waals surface area (Å²) in [7, 11) is -2.65. The van der Waals surface area contributed by atoms with E-state index in [-0.39, 0.29) is 17.5 Å². The number of methoxy groups -OCH3 is 1. The number of fused-ring (bicyclic) bond motifs is 2. The lowest BCUT2D eigenvalue weighted by atomic mass is 9.77. The number of imidazole rings is 1. The van der Waals surface area contributed by atoms with Crippen molar-refractivity contribution in [3.05, 3.63) is 37.1 Å². The summed E-state index contributed by atoms with van der Waals surface area (Å²) in [5.74, 6) is 0.904. The second kappa shape index (κ2) is 6.66. The van der Waals surface area contributed by atoms with Gasteiger partial charge >= 0.3 is 0 Å². The lowest BCUT2D eigenvalue weighted by Gasteiger charge is -2.46. The maximum absolute atomic E-state index is 7.64. The molecule has 154 valence electrons. The molecule has 1 N–H and O–H groups in total. The largest absolute Gasteiger partial charge is 0.479 e. The highest BCUT2D eigenvalue weighted by Crippen LogP contribution is 2.41. The van der Waals surface area contributed by atoms with Crippen LogP contribution < -0.4 is 10.1 Å². The molecule has 6 rings (SSSR count). The molecule has 1 aliphatic heterocycles. The Morgan fingerprint density at radius 3 is 2.97 bits per heavy atom. The lowest BCUT2D eigenvalue weighted by molar-refractivity contribution is -0.165. The standard InChI is InChI=1S/C21H23N7O2/c1-29-18-17-16(14-12-23-20-22-8-10-27(20)13-14)4-9-28(17)26-19(25-18)24-15-2-5-21(6-3-15)7-11-30-21/h4,8-10,12-13,15H,2-3,5-7,11H2,1H3,(H,24,26)/i1D3. The molecule has 1 saturated carbocycles. The number of hydrogen-bond donors (Lipinski definition) is 1. The number of anilines is 1. The fourth-order valence-corrected chi connectivity index (χ4v) is 4.57. The van der Waals surface area contributed by atoms with Crippen LogP contribution in [0, 0.1) is 0 Å². The van der Waals surface area contributed by atoms with Crippen molar-refractivity contribution in [2.24, 2.45) is 0 Å². The number of ether oxygens (including phenoxy) is 2. The van der Waals surface area contributed by atoms with Gasteiger partial charge in [0.05, 0.1) is 23.4 Å². The van der Waals surface area contributed by atoms with Crippen molar-refractivity contribution in [2.75, 3.05) is 19.0 Å². The van der Waals surface area contributed by atoms with E-state index in [1.165, 1.54) is 0 Å². The van der Waals surface area contributed by atoms with Gasteiger partial charge in [0.25, 0.3) is 0 Å². The molecular weight excluding hydrogens is 382 g/mol. The topological polar surface area (TPSA) is 90.9 Å². The first kappa shape index (κ1) is 14.7. The van der Waals surface area contributed by atoms with Crippen molar-refractivity contribution in [2.45, 2.75) is 43.7 Å². The molecule has 0 amide bonds. The minimum Gasteiger partial charge on any atom is -0.479 e. The Balaban J connectivity index is 1.35. The van der Waals surface area contributed by atoms with Gasteiger partial charge in [-0.3, -0.25) is 4.40 Å². The van der Waals surface area contributed by atoms with Gasteiger partial charge in [-0.25, -0.2) is 14.5 Å². The molecule has 2 fully saturated rings. The van der Waals surface area contributed by atoms with E-state index in [1.807, 2.05) is 12.3 Å². The van der Waals surface area contributed by atoms with E-state index in [1.54, 1.807) is 33.7 Å². The van der Waals surface area contributed by atoms with E-state index in [0.717, 1.165) is 44.3 Å². The molecule has 5 heterocycles. The molecule has 4 aromatic heterocycles. The van der Waals surface area contributed by atoms with Crippen LogP contribution in [0.4, 0.5) is 5.95 Å². The molecule has 1 spiro atoms. The molecular formula is C21H23N7O2. The molecule has 0 atom stereocenters. The van der Waals surface area contributed by atoms with Crippen LogP contribution in [0.2, 0.25) is 0 Å². The van der Waals surface area contributed by atoms with Crippen LogP contribution >= 0.6 is 0 Å². The second-order valence-electron chi connectivity index (χ2n) is 8.04. The molecule has 2 aliphatic rings. The number of rotatable bonds is 4. The Labute approximate surface area is 177 Å². The van der Waals surface area contributed by atoms with Crippen LogP contribution in [-0.4, -0.2) is 54.3 Å². The maximum Gasteiger partial charge on any atom is 0.244 e. The van der Waals surface area contributed by atoms with Crippen LogP contribution in [0.1, 0.15) is 36.2 Å². The number of nitrogens with one attached hydrogen (secondary N) is 1. The lowest BCUT2D eigenvalue weighted by Crippen LogP contribution is -2.48. The molecule has 30 heavy (non-hydrogen) atoms. The normalized spacial score (nSPS) is 25.6. The third-order valence-corrected chi connectivity index (χ3v) is 6.33. The molecule has 0 unspecified atom stereocenters. The minimum absolute atomic E-state index is 0.00664. The van der Waals surface area contributed by atoms with Crippen LogP contribution in [-0.2, 0) is 4.74 Å². The van der Waals surface area contributed by atoms with Gasteiger partial charge in [0, 0.05) is 48.2 Å². The summed E-state index contributed by atoms with van der Waals surface area (Å²) in [6.45, 7) is 0.854. The number of hydrogen-bond acceptors (Lipinski definition) is 7. The highest BCUT2D eigenvalue weighted by Gasteiger charge is 2.41. The van der Waals surface area contributed by atoms with Gasteiger partial charge in [-0.15, -0.1) is 5.10 Å². The van der Waals surface area contributed by atoms with Crippen molar-refractivity contribution < 1.29 is 13.6 Å². The summed E-state index contributed by atoms with van der Waals surface area (Å²) < 4.78 is 37.4. The zero-order valence-corrected chi connectivity index (χ0v) is 16.3. The quantitative estimate of drug-likeness (QED) is 0.555. The monoisotopic (exact) mass is 408 g/mol. The van der Waals surface area contributed by atoms with Gasteiger partial charge in [0.2, 0.25) is 17.6 Å². The van der Waals surface area contributed by atoms with E-state index in [2.05, 4.69) is 25.4 Å². The highest BCUT2D eigenvalue weighted by molar-refractivity contribution is 5.84. The fraction of sp³-hybridized carbons (Fsp3) is 0.429. The van der Waals surface area contributed by atoms with Crippen LogP contribution in [0.25, 0.3) is 22.4 Å². The van der Waals surface area contributed by atoms with E-state index >= 15 is 0 Å². The Kier molecular flexibility index (Phi) is 3.27. The predicted octanol–water partition coefficient (Wildman–Crippen LogP) is 2.96. The highest BCUT2D eigenvalue weighted by atomic mass is 16.5. The summed E-state index contributed by atoms with van der Waals surface area (Å²) in [5, 5.41) is 7.96. The van der Waals surface area contributed by atoms with Crippen LogP contribution in [0.3, 0.4) is 0 Å². The summed E-state index contributed by atoms with van der Waals surface area (Å²) >= 11 is 0.